The summed E-state index contributed by atoms with van der Waals surface area (Å²) in [7, 11) is 3.56. The number of aryl methyl sites for hydroxylation is 1. The van der Waals surface area contributed by atoms with E-state index in [-0.39, 0.29) is 5.91 Å². The SMILES string of the molecule is CN(C)C(=O)Cc1ccc2[nH]c(CCCOc3cccc(CN4CCCCC4)c3)nc2c1. The number of carbonyl (C=O) groups is 1. The van der Waals surface area contributed by atoms with Crippen LogP contribution in [-0.2, 0) is 24.2 Å². The molecule has 3 aromatic rings. The van der Waals surface area contributed by atoms with Gasteiger partial charge in [-0.15, -0.1) is 0 Å². The molecule has 0 bridgehead atoms. The lowest BCUT2D eigenvalue weighted by atomic mass is 10.1. The van der Waals surface area contributed by atoms with Gasteiger partial charge in [-0.05, 0) is 67.7 Å². The number of nitrogens with zero attached hydrogens (tertiary/aromatic N) is 3. The van der Waals surface area contributed by atoms with Crippen LogP contribution in [0.4, 0.5) is 0 Å². The van der Waals surface area contributed by atoms with E-state index in [2.05, 4.69) is 28.1 Å². The number of ether oxygens (including phenoxy) is 1. The Hall–Kier alpha value is -2.86. The van der Waals surface area contributed by atoms with E-state index in [1.54, 1.807) is 19.0 Å². The second-order valence-electron chi connectivity index (χ2n) is 8.94. The van der Waals surface area contributed by atoms with Crippen LogP contribution in [0.3, 0.4) is 0 Å². The Balaban J connectivity index is 1.26. The topological polar surface area (TPSA) is 61.5 Å². The maximum absolute atomic E-state index is 11.9. The molecule has 1 fully saturated rings. The molecule has 0 unspecified atom stereocenters. The van der Waals surface area contributed by atoms with E-state index >= 15 is 0 Å². The molecule has 0 aliphatic carbocycles. The van der Waals surface area contributed by atoms with Crippen LogP contribution in [0.2, 0.25) is 0 Å². The molecule has 0 radical (unpaired) electrons. The van der Waals surface area contributed by atoms with E-state index in [4.69, 9.17) is 9.72 Å². The molecular formula is C26H34N4O2. The molecular weight excluding hydrogens is 400 g/mol. The number of carbonyl (C=O) groups excluding carboxylic acids is 1. The van der Waals surface area contributed by atoms with Crippen LogP contribution in [0.1, 0.15) is 42.6 Å². The molecule has 4 rings (SSSR count). The lowest BCUT2D eigenvalue weighted by Crippen LogP contribution is -2.29. The summed E-state index contributed by atoms with van der Waals surface area (Å²) in [5.74, 6) is 2.00. The number of rotatable bonds is 9. The van der Waals surface area contributed by atoms with Crippen molar-refractivity contribution in [2.24, 2.45) is 0 Å². The standard InChI is InChI=1S/C26H34N4O2/c1-29(2)26(31)18-20-11-12-23-24(17-20)28-25(27-23)10-7-15-32-22-9-6-8-21(16-22)19-30-13-4-3-5-14-30/h6,8-9,11-12,16-17H,3-5,7,10,13-15,18-19H2,1-2H3,(H,27,28). The van der Waals surface area contributed by atoms with E-state index in [0.717, 1.165) is 47.6 Å². The third-order valence-electron chi connectivity index (χ3n) is 6.03. The van der Waals surface area contributed by atoms with Crippen molar-refractivity contribution in [1.29, 1.82) is 0 Å². The van der Waals surface area contributed by atoms with Gasteiger partial charge in [0.25, 0.3) is 0 Å². The Bertz CT molecular complexity index is 1040. The Morgan fingerprint density at radius 3 is 2.75 bits per heavy atom. The first-order valence-corrected chi connectivity index (χ1v) is 11.7. The van der Waals surface area contributed by atoms with Crippen molar-refractivity contribution in [3.63, 3.8) is 0 Å². The van der Waals surface area contributed by atoms with Gasteiger partial charge in [0.15, 0.2) is 0 Å². The van der Waals surface area contributed by atoms with Crippen molar-refractivity contribution < 1.29 is 9.53 Å². The number of aromatic nitrogens is 2. The third kappa shape index (κ3) is 6.10. The van der Waals surface area contributed by atoms with Crippen molar-refractivity contribution in [3.05, 3.63) is 59.4 Å². The van der Waals surface area contributed by atoms with Gasteiger partial charge >= 0.3 is 0 Å². The molecule has 32 heavy (non-hydrogen) atoms. The number of benzene rings is 2. The molecule has 1 aromatic heterocycles. The zero-order chi connectivity index (χ0) is 22.3. The van der Waals surface area contributed by atoms with Crippen LogP contribution >= 0.6 is 0 Å². The number of aromatic amines is 1. The average molecular weight is 435 g/mol. The smallest absolute Gasteiger partial charge is 0.226 e. The van der Waals surface area contributed by atoms with Crippen molar-refractivity contribution in [2.45, 2.75) is 45.1 Å². The highest BCUT2D eigenvalue weighted by Gasteiger charge is 2.11. The minimum absolute atomic E-state index is 0.0947. The Labute approximate surface area is 190 Å². The molecule has 1 N–H and O–H groups in total. The molecule has 0 atom stereocenters. The molecule has 2 heterocycles. The predicted octanol–water partition coefficient (Wildman–Crippen LogP) is 4.19. The number of nitrogens with one attached hydrogen (secondary N) is 1. The number of hydrogen-bond donors (Lipinski definition) is 1. The molecule has 1 amide bonds. The van der Waals surface area contributed by atoms with Gasteiger partial charge in [0.1, 0.15) is 11.6 Å². The van der Waals surface area contributed by atoms with Gasteiger partial charge in [0.2, 0.25) is 5.91 Å². The summed E-state index contributed by atoms with van der Waals surface area (Å²) in [5.41, 5.74) is 4.23. The van der Waals surface area contributed by atoms with Gasteiger partial charge in [-0.25, -0.2) is 4.98 Å². The fourth-order valence-corrected chi connectivity index (χ4v) is 4.20. The van der Waals surface area contributed by atoms with Gasteiger partial charge < -0.3 is 14.6 Å². The average Bonchev–Trinajstić information content (AvgIpc) is 3.20. The van der Waals surface area contributed by atoms with Gasteiger partial charge in [0.05, 0.1) is 24.1 Å². The van der Waals surface area contributed by atoms with E-state index in [1.807, 2.05) is 24.3 Å². The lowest BCUT2D eigenvalue weighted by Gasteiger charge is -2.26. The summed E-state index contributed by atoms with van der Waals surface area (Å²) >= 11 is 0. The zero-order valence-corrected chi connectivity index (χ0v) is 19.3. The van der Waals surface area contributed by atoms with Crippen molar-refractivity contribution in [3.8, 4) is 5.75 Å². The highest BCUT2D eigenvalue weighted by atomic mass is 16.5. The summed E-state index contributed by atoms with van der Waals surface area (Å²) in [5, 5.41) is 0. The van der Waals surface area contributed by atoms with Gasteiger partial charge in [-0.1, -0.05) is 24.6 Å². The first-order chi connectivity index (χ1) is 15.6. The molecule has 2 aromatic carbocycles. The number of amides is 1. The Morgan fingerprint density at radius 2 is 1.94 bits per heavy atom. The van der Waals surface area contributed by atoms with Crippen molar-refractivity contribution in [2.75, 3.05) is 33.8 Å². The maximum Gasteiger partial charge on any atom is 0.226 e. The monoisotopic (exact) mass is 434 g/mol. The number of likely N-dealkylation sites (N-methyl/N-ethyl adjacent to an activating group) is 1. The van der Waals surface area contributed by atoms with E-state index < -0.39 is 0 Å². The fourth-order valence-electron chi connectivity index (χ4n) is 4.20. The van der Waals surface area contributed by atoms with Crippen molar-refractivity contribution >= 4 is 16.9 Å². The fraction of sp³-hybridized carbons (Fsp3) is 0.462. The normalized spacial score (nSPS) is 14.6. The van der Waals surface area contributed by atoms with Gasteiger partial charge in [-0.3, -0.25) is 9.69 Å². The number of H-pyrrole nitrogens is 1. The van der Waals surface area contributed by atoms with E-state index in [9.17, 15) is 4.79 Å². The number of likely N-dealkylation sites (tertiary alicyclic amines) is 1. The molecule has 1 aliphatic rings. The van der Waals surface area contributed by atoms with Crippen LogP contribution in [-0.4, -0.2) is 59.5 Å². The number of hydrogen-bond acceptors (Lipinski definition) is 4. The molecule has 170 valence electrons. The first-order valence-electron chi connectivity index (χ1n) is 11.7. The third-order valence-corrected chi connectivity index (χ3v) is 6.03. The van der Waals surface area contributed by atoms with Gasteiger partial charge in [0, 0.05) is 27.1 Å². The highest BCUT2D eigenvalue weighted by molar-refractivity contribution is 5.81. The number of imidazole rings is 1. The predicted molar refractivity (Wildman–Crippen MR) is 128 cm³/mol. The summed E-state index contributed by atoms with van der Waals surface area (Å²) in [4.78, 5) is 24.2. The minimum Gasteiger partial charge on any atom is -0.494 e. The van der Waals surface area contributed by atoms with Crippen LogP contribution in [0.15, 0.2) is 42.5 Å². The molecule has 1 saturated heterocycles. The Kier molecular flexibility index (Phi) is 7.43. The van der Waals surface area contributed by atoms with E-state index in [0.29, 0.717) is 13.0 Å². The largest absolute Gasteiger partial charge is 0.494 e. The minimum atomic E-state index is 0.0947. The maximum atomic E-state index is 11.9. The Morgan fingerprint density at radius 1 is 1.09 bits per heavy atom. The molecule has 0 saturated carbocycles. The molecule has 6 nitrogen and oxygen atoms in total. The van der Waals surface area contributed by atoms with Crippen LogP contribution in [0, 0.1) is 0 Å². The first kappa shape index (κ1) is 22.3. The number of fused-ring (bicyclic) bond motifs is 1. The summed E-state index contributed by atoms with van der Waals surface area (Å²) < 4.78 is 6.01. The van der Waals surface area contributed by atoms with Crippen LogP contribution in [0.5, 0.6) is 5.75 Å². The van der Waals surface area contributed by atoms with Crippen molar-refractivity contribution in [1.82, 2.24) is 19.8 Å². The summed E-state index contributed by atoms with van der Waals surface area (Å²) in [6.45, 7) is 4.08. The van der Waals surface area contributed by atoms with Crippen LogP contribution < -0.4 is 4.74 Å². The highest BCUT2D eigenvalue weighted by Crippen LogP contribution is 2.19. The molecule has 1 aliphatic heterocycles. The molecule has 0 spiro atoms. The van der Waals surface area contributed by atoms with Crippen LogP contribution in [0.25, 0.3) is 11.0 Å². The summed E-state index contributed by atoms with van der Waals surface area (Å²) in [6.07, 6.45) is 6.11. The van der Waals surface area contributed by atoms with Gasteiger partial charge in [-0.2, -0.15) is 0 Å². The number of piperidine rings is 1. The lowest BCUT2D eigenvalue weighted by molar-refractivity contribution is -0.127. The zero-order valence-electron chi connectivity index (χ0n) is 19.3. The quantitative estimate of drug-likeness (QED) is 0.513. The molecule has 6 heteroatoms. The van der Waals surface area contributed by atoms with E-state index in [1.165, 1.54) is 37.9 Å². The second kappa shape index (κ2) is 10.6. The second-order valence-corrected chi connectivity index (χ2v) is 8.94. The summed E-state index contributed by atoms with van der Waals surface area (Å²) in [6, 6.07) is 14.5.